The third-order valence-electron chi connectivity index (χ3n) is 5.64. The second kappa shape index (κ2) is 8.26. The maximum absolute atomic E-state index is 13.3. The van der Waals surface area contributed by atoms with Crippen LogP contribution in [0.1, 0.15) is 68.7 Å². The lowest BCUT2D eigenvalue weighted by Gasteiger charge is -2.28. The molecule has 1 N–H and O–H groups in total. The first-order chi connectivity index (χ1) is 14.8. The number of aryl methyl sites for hydroxylation is 1. The van der Waals surface area contributed by atoms with Gasteiger partial charge in [-0.3, -0.25) is 19.3 Å². The molecular weight excluding hydrogens is 416 g/mol. The minimum atomic E-state index is -1.00. The fourth-order valence-corrected chi connectivity index (χ4v) is 5.56. The molecule has 1 aliphatic heterocycles. The van der Waals surface area contributed by atoms with Crippen LogP contribution in [0.5, 0.6) is 0 Å². The van der Waals surface area contributed by atoms with Crippen LogP contribution in [0, 0.1) is 5.92 Å². The van der Waals surface area contributed by atoms with Crippen LogP contribution in [0.3, 0.4) is 0 Å². The number of anilines is 1. The number of hydrogen-bond donors (Lipinski definition) is 1. The molecule has 0 saturated heterocycles. The van der Waals surface area contributed by atoms with Crippen molar-refractivity contribution in [1.29, 1.82) is 0 Å². The highest BCUT2D eigenvalue weighted by Crippen LogP contribution is 2.40. The van der Waals surface area contributed by atoms with Gasteiger partial charge in [0.1, 0.15) is 11.0 Å². The predicted octanol–water partition coefficient (Wildman–Crippen LogP) is 3.67. The van der Waals surface area contributed by atoms with Crippen molar-refractivity contribution in [3.8, 4) is 0 Å². The molecule has 8 heteroatoms. The summed E-state index contributed by atoms with van der Waals surface area (Å²) in [5, 5.41) is 3.26. The van der Waals surface area contributed by atoms with Crippen LogP contribution >= 0.6 is 11.3 Å². The van der Waals surface area contributed by atoms with Crippen LogP contribution < -0.4 is 5.32 Å². The highest BCUT2D eigenvalue weighted by molar-refractivity contribution is 7.17. The summed E-state index contributed by atoms with van der Waals surface area (Å²) in [6.45, 7) is 5.54. The summed E-state index contributed by atoms with van der Waals surface area (Å²) in [6.07, 6.45) is 2.58. The zero-order valence-electron chi connectivity index (χ0n) is 17.7. The maximum Gasteiger partial charge on any atom is 0.341 e. The van der Waals surface area contributed by atoms with E-state index in [-0.39, 0.29) is 12.5 Å². The van der Waals surface area contributed by atoms with E-state index < -0.39 is 29.7 Å². The number of amides is 3. The van der Waals surface area contributed by atoms with Gasteiger partial charge >= 0.3 is 5.97 Å². The molecule has 4 rings (SSSR count). The van der Waals surface area contributed by atoms with Crippen LogP contribution in [0.2, 0.25) is 0 Å². The first-order valence-corrected chi connectivity index (χ1v) is 11.3. The highest BCUT2D eigenvalue weighted by Gasteiger charge is 2.44. The topological polar surface area (TPSA) is 92.8 Å². The van der Waals surface area contributed by atoms with Crippen molar-refractivity contribution in [3.63, 3.8) is 0 Å². The van der Waals surface area contributed by atoms with Gasteiger partial charge < -0.3 is 10.1 Å². The Morgan fingerprint density at radius 2 is 1.77 bits per heavy atom. The molecule has 2 aliphatic rings. The molecule has 2 aromatic rings. The molecule has 0 spiro atoms. The minimum absolute atomic E-state index is 0.237. The SMILES string of the molecule is CCOC(=O)c1c(NC(=O)C(C(C)C)N2C(=O)c3ccccc3C2=O)sc2c1CCC2. The van der Waals surface area contributed by atoms with Crippen LogP contribution in [-0.2, 0) is 22.4 Å². The summed E-state index contributed by atoms with van der Waals surface area (Å²) in [5.74, 6) is -2.23. The average Bonchev–Trinajstić information content (AvgIpc) is 3.37. The van der Waals surface area contributed by atoms with E-state index in [1.165, 1.54) is 11.3 Å². The van der Waals surface area contributed by atoms with Gasteiger partial charge in [-0.25, -0.2) is 4.79 Å². The van der Waals surface area contributed by atoms with Gasteiger partial charge in [-0.1, -0.05) is 26.0 Å². The largest absolute Gasteiger partial charge is 0.462 e. The van der Waals surface area contributed by atoms with Crippen molar-refractivity contribution in [2.24, 2.45) is 5.92 Å². The summed E-state index contributed by atoms with van der Waals surface area (Å²) < 4.78 is 5.22. The monoisotopic (exact) mass is 440 g/mol. The molecule has 7 nitrogen and oxygen atoms in total. The van der Waals surface area contributed by atoms with Crippen molar-refractivity contribution in [1.82, 2.24) is 4.90 Å². The Kier molecular flexibility index (Phi) is 5.66. The Labute approximate surface area is 184 Å². The van der Waals surface area contributed by atoms with E-state index >= 15 is 0 Å². The Bertz CT molecular complexity index is 1050. The number of carbonyl (C=O) groups excluding carboxylic acids is 4. The van der Waals surface area contributed by atoms with Gasteiger partial charge in [0.2, 0.25) is 5.91 Å². The fourth-order valence-electron chi connectivity index (χ4n) is 4.28. The van der Waals surface area contributed by atoms with E-state index in [0.29, 0.717) is 21.7 Å². The number of esters is 1. The second-order valence-electron chi connectivity index (χ2n) is 7.99. The van der Waals surface area contributed by atoms with Gasteiger partial charge in [0.25, 0.3) is 11.8 Å². The van der Waals surface area contributed by atoms with Crippen molar-refractivity contribution in [3.05, 3.63) is 51.4 Å². The Hall–Kier alpha value is -3.00. The third kappa shape index (κ3) is 3.54. The number of fused-ring (bicyclic) bond motifs is 2. The molecule has 1 unspecified atom stereocenters. The maximum atomic E-state index is 13.3. The van der Waals surface area contributed by atoms with Gasteiger partial charge in [-0.15, -0.1) is 11.3 Å². The predicted molar refractivity (Wildman–Crippen MR) is 116 cm³/mol. The first-order valence-electron chi connectivity index (χ1n) is 10.4. The molecule has 1 aromatic carbocycles. The van der Waals surface area contributed by atoms with Crippen molar-refractivity contribution in [2.45, 2.75) is 46.1 Å². The van der Waals surface area contributed by atoms with Crippen molar-refractivity contribution < 1.29 is 23.9 Å². The van der Waals surface area contributed by atoms with E-state index in [2.05, 4.69) is 5.32 Å². The molecule has 162 valence electrons. The molecule has 0 fully saturated rings. The molecule has 0 radical (unpaired) electrons. The number of rotatable bonds is 6. The Balaban J connectivity index is 1.66. The molecule has 31 heavy (non-hydrogen) atoms. The second-order valence-corrected chi connectivity index (χ2v) is 9.09. The number of nitrogens with one attached hydrogen (secondary N) is 1. The van der Waals surface area contributed by atoms with E-state index in [9.17, 15) is 19.2 Å². The molecule has 1 aliphatic carbocycles. The quantitative estimate of drug-likeness (QED) is 0.546. The van der Waals surface area contributed by atoms with Crippen LogP contribution in [0.15, 0.2) is 24.3 Å². The number of nitrogens with zero attached hydrogens (tertiary/aromatic N) is 1. The lowest BCUT2D eigenvalue weighted by Crippen LogP contribution is -2.50. The van der Waals surface area contributed by atoms with Crippen LogP contribution in [0.4, 0.5) is 5.00 Å². The van der Waals surface area contributed by atoms with Crippen LogP contribution in [0.25, 0.3) is 0 Å². The van der Waals surface area contributed by atoms with E-state index in [0.717, 1.165) is 34.6 Å². The van der Waals surface area contributed by atoms with Gasteiger partial charge in [0.05, 0.1) is 23.3 Å². The number of hydrogen-bond acceptors (Lipinski definition) is 6. The van der Waals surface area contributed by atoms with Gasteiger partial charge in [0, 0.05) is 4.88 Å². The molecular formula is C23H24N2O5S. The zero-order chi connectivity index (χ0) is 22.3. The number of ether oxygens (including phenoxy) is 1. The van der Waals surface area contributed by atoms with Gasteiger partial charge in [-0.2, -0.15) is 0 Å². The third-order valence-corrected chi connectivity index (χ3v) is 6.85. The Morgan fingerprint density at radius 3 is 2.35 bits per heavy atom. The number of thiophene rings is 1. The molecule has 0 saturated carbocycles. The van der Waals surface area contributed by atoms with Crippen molar-refractivity contribution >= 4 is 40.0 Å². The van der Waals surface area contributed by atoms with E-state index in [1.807, 2.05) is 0 Å². The Morgan fingerprint density at radius 1 is 1.13 bits per heavy atom. The standard InChI is InChI=1S/C23H24N2O5S/c1-4-30-23(29)17-15-10-7-11-16(15)31-20(17)24-19(26)18(12(2)3)25-21(27)13-8-5-6-9-14(13)22(25)28/h5-6,8-9,12,18H,4,7,10-11H2,1-3H3,(H,24,26). The summed E-state index contributed by atoms with van der Waals surface area (Å²) >= 11 is 1.37. The zero-order valence-corrected chi connectivity index (χ0v) is 18.5. The van der Waals surface area contributed by atoms with Gasteiger partial charge in [-0.05, 0) is 49.8 Å². The minimum Gasteiger partial charge on any atom is -0.462 e. The number of carbonyl (C=O) groups is 4. The molecule has 1 atom stereocenters. The fraction of sp³-hybridized carbons (Fsp3) is 0.391. The molecule has 2 heterocycles. The van der Waals surface area contributed by atoms with E-state index in [1.54, 1.807) is 45.0 Å². The lowest BCUT2D eigenvalue weighted by atomic mass is 10.0. The number of imide groups is 1. The highest BCUT2D eigenvalue weighted by atomic mass is 32.1. The summed E-state index contributed by atoms with van der Waals surface area (Å²) in [4.78, 5) is 53.9. The smallest absolute Gasteiger partial charge is 0.341 e. The first kappa shape index (κ1) is 21.2. The average molecular weight is 441 g/mol. The lowest BCUT2D eigenvalue weighted by molar-refractivity contribution is -0.121. The summed E-state index contributed by atoms with van der Waals surface area (Å²) in [6, 6.07) is 5.56. The molecule has 0 bridgehead atoms. The van der Waals surface area contributed by atoms with E-state index in [4.69, 9.17) is 4.74 Å². The van der Waals surface area contributed by atoms with Crippen molar-refractivity contribution in [2.75, 3.05) is 11.9 Å². The van der Waals surface area contributed by atoms with Gasteiger partial charge in [0.15, 0.2) is 0 Å². The summed E-state index contributed by atoms with van der Waals surface area (Å²) in [7, 11) is 0. The van der Waals surface area contributed by atoms with Crippen LogP contribution in [-0.4, -0.2) is 41.2 Å². The molecule has 1 aromatic heterocycles. The molecule has 3 amide bonds. The normalized spacial score (nSPS) is 15.8. The number of benzene rings is 1. The summed E-state index contributed by atoms with van der Waals surface area (Å²) in [5.41, 5.74) is 1.93.